The molecule has 2 aromatic rings. The average Bonchev–Trinajstić information content (AvgIpc) is 2.67. The van der Waals surface area contributed by atoms with Crippen molar-refractivity contribution in [2.24, 2.45) is 0 Å². The molecule has 26 heavy (non-hydrogen) atoms. The summed E-state index contributed by atoms with van der Waals surface area (Å²) in [5.41, 5.74) is 1.42. The summed E-state index contributed by atoms with van der Waals surface area (Å²) in [6, 6.07) is 14.8. The van der Waals surface area contributed by atoms with Gasteiger partial charge in [0.15, 0.2) is 6.61 Å². The summed E-state index contributed by atoms with van der Waals surface area (Å²) in [5, 5.41) is 0. The first-order valence-electron chi connectivity index (χ1n) is 8.62. The van der Waals surface area contributed by atoms with E-state index in [-0.39, 0.29) is 24.8 Å². The SMILES string of the molecule is CCOc1ccccc1N(C)C(=O)CCN1C(=O)COc2ccccc21. The Morgan fingerprint density at radius 2 is 1.92 bits per heavy atom. The van der Waals surface area contributed by atoms with Crippen LogP contribution in [0.25, 0.3) is 0 Å². The van der Waals surface area contributed by atoms with Crippen LogP contribution in [0.2, 0.25) is 0 Å². The molecule has 1 heterocycles. The lowest BCUT2D eigenvalue weighted by Gasteiger charge is -2.29. The van der Waals surface area contributed by atoms with Crippen LogP contribution < -0.4 is 19.3 Å². The molecule has 0 radical (unpaired) electrons. The third kappa shape index (κ3) is 3.64. The molecule has 0 atom stereocenters. The molecule has 3 rings (SSSR count). The smallest absolute Gasteiger partial charge is 0.265 e. The van der Waals surface area contributed by atoms with Gasteiger partial charge < -0.3 is 19.3 Å². The zero-order valence-corrected chi connectivity index (χ0v) is 15.0. The second-order valence-electron chi connectivity index (χ2n) is 5.91. The predicted molar refractivity (Wildman–Crippen MR) is 99.9 cm³/mol. The first kappa shape index (κ1) is 17.8. The second-order valence-corrected chi connectivity index (χ2v) is 5.91. The highest BCUT2D eigenvalue weighted by Crippen LogP contribution is 2.32. The first-order valence-corrected chi connectivity index (χ1v) is 8.62. The van der Waals surface area contributed by atoms with Gasteiger partial charge in [-0.3, -0.25) is 9.59 Å². The van der Waals surface area contributed by atoms with Gasteiger partial charge in [-0.25, -0.2) is 0 Å². The van der Waals surface area contributed by atoms with E-state index in [2.05, 4.69) is 0 Å². The van der Waals surface area contributed by atoms with Gasteiger partial charge in [0.25, 0.3) is 5.91 Å². The molecule has 6 heteroatoms. The lowest BCUT2D eigenvalue weighted by molar-refractivity contribution is -0.121. The summed E-state index contributed by atoms with van der Waals surface area (Å²) in [6.07, 6.45) is 0.205. The van der Waals surface area contributed by atoms with Gasteiger partial charge in [-0.15, -0.1) is 0 Å². The molecule has 2 aromatic carbocycles. The molecule has 1 aliphatic rings. The normalized spacial score (nSPS) is 13.0. The Morgan fingerprint density at radius 1 is 1.19 bits per heavy atom. The second kappa shape index (κ2) is 7.91. The van der Waals surface area contributed by atoms with Crippen LogP contribution >= 0.6 is 0 Å². The number of para-hydroxylation sites is 4. The number of rotatable bonds is 6. The zero-order valence-electron chi connectivity index (χ0n) is 15.0. The van der Waals surface area contributed by atoms with Crippen LogP contribution in [0.15, 0.2) is 48.5 Å². The van der Waals surface area contributed by atoms with Crippen LogP contribution in [0, 0.1) is 0 Å². The molecular weight excluding hydrogens is 332 g/mol. The van der Waals surface area contributed by atoms with Crippen molar-refractivity contribution in [3.8, 4) is 11.5 Å². The maximum atomic E-state index is 12.7. The molecule has 2 amide bonds. The molecule has 0 spiro atoms. The Kier molecular flexibility index (Phi) is 5.41. The van der Waals surface area contributed by atoms with Crippen LogP contribution in [0.3, 0.4) is 0 Å². The molecule has 0 aliphatic carbocycles. The minimum Gasteiger partial charge on any atom is -0.492 e. The van der Waals surface area contributed by atoms with E-state index < -0.39 is 0 Å². The molecule has 0 N–H and O–H groups in total. The van der Waals surface area contributed by atoms with Crippen LogP contribution in [0.5, 0.6) is 11.5 Å². The number of hydrogen-bond acceptors (Lipinski definition) is 4. The summed E-state index contributed by atoms with van der Waals surface area (Å²) in [6.45, 7) is 2.73. The van der Waals surface area contributed by atoms with Gasteiger partial charge in [-0.05, 0) is 31.2 Å². The number of carbonyl (C=O) groups excluding carboxylic acids is 2. The highest BCUT2D eigenvalue weighted by Gasteiger charge is 2.26. The fraction of sp³-hybridized carbons (Fsp3) is 0.300. The van der Waals surface area contributed by atoms with Crippen LogP contribution in [-0.4, -0.2) is 38.6 Å². The van der Waals surface area contributed by atoms with Crippen molar-refractivity contribution in [3.63, 3.8) is 0 Å². The highest BCUT2D eigenvalue weighted by molar-refractivity contribution is 5.99. The van der Waals surface area contributed by atoms with Crippen molar-refractivity contribution in [3.05, 3.63) is 48.5 Å². The fourth-order valence-corrected chi connectivity index (χ4v) is 2.92. The maximum absolute atomic E-state index is 12.7. The average molecular weight is 354 g/mol. The van der Waals surface area contributed by atoms with E-state index in [1.54, 1.807) is 16.8 Å². The van der Waals surface area contributed by atoms with Crippen LogP contribution in [-0.2, 0) is 9.59 Å². The Hall–Kier alpha value is -3.02. The number of anilines is 2. The quantitative estimate of drug-likeness (QED) is 0.800. The number of nitrogens with zero attached hydrogens (tertiary/aromatic N) is 2. The van der Waals surface area contributed by atoms with Crippen molar-refractivity contribution < 1.29 is 19.1 Å². The summed E-state index contributed by atoms with van der Waals surface area (Å²) < 4.78 is 11.0. The van der Waals surface area contributed by atoms with Gasteiger partial charge in [0.2, 0.25) is 5.91 Å². The third-order valence-corrected chi connectivity index (χ3v) is 4.26. The highest BCUT2D eigenvalue weighted by atomic mass is 16.5. The molecule has 136 valence electrons. The Morgan fingerprint density at radius 3 is 2.73 bits per heavy atom. The van der Waals surface area contributed by atoms with Crippen molar-refractivity contribution >= 4 is 23.2 Å². The lowest BCUT2D eigenvalue weighted by atomic mass is 10.2. The summed E-state index contributed by atoms with van der Waals surface area (Å²) >= 11 is 0. The summed E-state index contributed by atoms with van der Waals surface area (Å²) in [5.74, 6) is 1.09. The number of amides is 2. The van der Waals surface area contributed by atoms with Gasteiger partial charge in [0.05, 0.1) is 18.0 Å². The predicted octanol–water partition coefficient (Wildman–Crippen LogP) is 2.86. The number of carbonyl (C=O) groups is 2. The molecule has 0 unspecified atom stereocenters. The largest absolute Gasteiger partial charge is 0.492 e. The van der Waals surface area contributed by atoms with Crippen LogP contribution in [0.1, 0.15) is 13.3 Å². The molecule has 1 aliphatic heterocycles. The molecule has 0 fully saturated rings. The first-order chi connectivity index (χ1) is 12.6. The van der Waals surface area contributed by atoms with Crippen molar-refractivity contribution in [2.75, 3.05) is 36.6 Å². The topological polar surface area (TPSA) is 59.1 Å². The van der Waals surface area contributed by atoms with Crippen molar-refractivity contribution in [2.45, 2.75) is 13.3 Å². The van der Waals surface area contributed by atoms with E-state index in [9.17, 15) is 9.59 Å². The minimum absolute atomic E-state index is 0.00574. The molecular formula is C20H22N2O4. The van der Waals surface area contributed by atoms with Crippen molar-refractivity contribution in [1.82, 2.24) is 0 Å². The Balaban J connectivity index is 1.70. The fourth-order valence-electron chi connectivity index (χ4n) is 2.92. The molecule has 0 bridgehead atoms. The number of benzene rings is 2. The summed E-state index contributed by atoms with van der Waals surface area (Å²) in [4.78, 5) is 28.0. The Bertz CT molecular complexity index is 806. The van der Waals surface area contributed by atoms with E-state index in [0.717, 1.165) is 0 Å². The number of ether oxygens (including phenoxy) is 2. The maximum Gasteiger partial charge on any atom is 0.265 e. The van der Waals surface area contributed by atoms with Gasteiger partial charge in [0, 0.05) is 20.0 Å². The van der Waals surface area contributed by atoms with Gasteiger partial charge in [-0.2, -0.15) is 0 Å². The van der Waals surface area contributed by atoms with Crippen molar-refractivity contribution in [1.29, 1.82) is 0 Å². The monoisotopic (exact) mass is 354 g/mol. The minimum atomic E-state index is -0.145. The number of hydrogen-bond donors (Lipinski definition) is 0. The standard InChI is InChI=1S/C20H22N2O4/c1-3-25-17-10-6-4-8-15(17)21(2)19(23)12-13-22-16-9-5-7-11-18(16)26-14-20(22)24/h4-11H,3,12-14H2,1-2H3. The van der Waals surface area contributed by atoms with E-state index in [1.165, 1.54) is 0 Å². The van der Waals surface area contributed by atoms with Gasteiger partial charge >= 0.3 is 0 Å². The molecule has 0 saturated carbocycles. The van der Waals surface area contributed by atoms with Crippen LogP contribution in [0.4, 0.5) is 11.4 Å². The van der Waals surface area contributed by atoms with E-state index in [1.807, 2.05) is 55.5 Å². The zero-order chi connectivity index (χ0) is 18.5. The molecule has 0 saturated heterocycles. The van der Waals surface area contributed by atoms with Gasteiger partial charge in [0.1, 0.15) is 11.5 Å². The van der Waals surface area contributed by atoms with E-state index in [0.29, 0.717) is 36.0 Å². The van der Waals surface area contributed by atoms with Gasteiger partial charge in [-0.1, -0.05) is 24.3 Å². The summed E-state index contributed by atoms with van der Waals surface area (Å²) in [7, 11) is 1.72. The molecule has 0 aromatic heterocycles. The Labute approximate surface area is 152 Å². The lowest BCUT2D eigenvalue weighted by Crippen LogP contribution is -2.41. The molecule has 6 nitrogen and oxygen atoms in total. The van der Waals surface area contributed by atoms with E-state index in [4.69, 9.17) is 9.47 Å². The third-order valence-electron chi connectivity index (χ3n) is 4.26. The number of fused-ring (bicyclic) bond motifs is 1. The van der Waals surface area contributed by atoms with E-state index >= 15 is 0 Å².